The van der Waals surface area contributed by atoms with Gasteiger partial charge in [0.15, 0.2) is 5.78 Å². The Morgan fingerprint density at radius 1 is 1.04 bits per heavy atom. The number of ketones is 1. The van der Waals surface area contributed by atoms with Gasteiger partial charge in [0.05, 0.1) is 6.61 Å². The Morgan fingerprint density at radius 3 is 2.48 bits per heavy atom. The number of ether oxygens (including phenoxy) is 1. The largest absolute Gasteiger partial charge is 0.466 e. The fourth-order valence-corrected chi connectivity index (χ4v) is 2.26. The Kier molecular flexibility index (Phi) is 5.87. The highest BCUT2D eigenvalue weighted by atomic mass is 16.5. The molecule has 2 aromatic rings. The summed E-state index contributed by atoms with van der Waals surface area (Å²) in [7, 11) is 0. The summed E-state index contributed by atoms with van der Waals surface area (Å²) >= 11 is 0. The van der Waals surface area contributed by atoms with E-state index in [2.05, 4.69) is 0 Å². The minimum atomic E-state index is -0.490. The first-order chi connectivity index (χ1) is 11.1. The molecule has 0 radical (unpaired) electrons. The zero-order valence-electron chi connectivity index (χ0n) is 13.4. The molecule has 0 saturated heterocycles. The maximum atomic E-state index is 12.3. The summed E-state index contributed by atoms with van der Waals surface area (Å²) in [6.07, 6.45) is 3.62. The molecule has 3 nitrogen and oxygen atoms in total. The summed E-state index contributed by atoms with van der Waals surface area (Å²) in [5, 5.41) is 0. The van der Waals surface area contributed by atoms with Gasteiger partial charge in [0.25, 0.3) is 0 Å². The molecule has 23 heavy (non-hydrogen) atoms. The van der Waals surface area contributed by atoms with E-state index in [1.807, 2.05) is 61.5 Å². The number of aryl methyl sites for hydroxylation is 1. The number of carbonyl (C=O) groups is 2. The summed E-state index contributed by atoms with van der Waals surface area (Å²) in [4.78, 5) is 23.9. The van der Waals surface area contributed by atoms with Gasteiger partial charge in [0.2, 0.25) is 0 Å². The monoisotopic (exact) mass is 308 g/mol. The fraction of sp³-hybridized carbons (Fsp3) is 0.200. The molecule has 0 aromatic heterocycles. The van der Waals surface area contributed by atoms with Crippen LogP contribution in [0.1, 0.15) is 40.4 Å². The number of hydrogen-bond donors (Lipinski definition) is 0. The molecule has 0 amide bonds. The average molecular weight is 308 g/mol. The number of rotatable bonds is 6. The minimum absolute atomic E-state index is 0.226. The quantitative estimate of drug-likeness (QED) is 0.346. The van der Waals surface area contributed by atoms with Crippen molar-refractivity contribution >= 4 is 23.9 Å². The first-order valence-electron chi connectivity index (χ1n) is 7.62. The van der Waals surface area contributed by atoms with Crippen LogP contribution >= 0.6 is 0 Å². The molecule has 2 aromatic carbocycles. The van der Waals surface area contributed by atoms with Crippen LogP contribution in [-0.4, -0.2) is 18.4 Å². The van der Waals surface area contributed by atoms with E-state index in [-0.39, 0.29) is 18.8 Å². The second-order valence-corrected chi connectivity index (χ2v) is 5.24. The summed E-state index contributed by atoms with van der Waals surface area (Å²) in [5.74, 6) is -0.716. The van der Waals surface area contributed by atoms with Crippen LogP contribution in [-0.2, 0) is 9.53 Å². The van der Waals surface area contributed by atoms with E-state index in [0.717, 1.165) is 16.7 Å². The second-order valence-electron chi connectivity index (χ2n) is 5.24. The lowest BCUT2D eigenvalue weighted by atomic mass is 9.98. The molecule has 0 heterocycles. The zero-order chi connectivity index (χ0) is 16.7. The number of carbonyl (C=O) groups excluding carboxylic acids is 2. The SMILES string of the molecule is CCOC(=O)CC(=O)c1ccc(C)cc1C=Cc1ccccc1. The van der Waals surface area contributed by atoms with Gasteiger partial charge in [-0.2, -0.15) is 0 Å². The highest BCUT2D eigenvalue weighted by Crippen LogP contribution is 2.17. The van der Waals surface area contributed by atoms with E-state index >= 15 is 0 Å². The predicted molar refractivity (Wildman–Crippen MR) is 92.1 cm³/mol. The normalized spacial score (nSPS) is 10.7. The molecule has 0 saturated carbocycles. The molecule has 3 heteroatoms. The van der Waals surface area contributed by atoms with E-state index in [9.17, 15) is 9.59 Å². The Hall–Kier alpha value is -2.68. The van der Waals surface area contributed by atoms with Crippen LogP contribution in [0.3, 0.4) is 0 Å². The van der Waals surface area contributed by atoms with Gasteiger partial charge in [0.1, 0.15) is 6.42 Å². The molecule has 0 bridgehead atoms. The molecular formula is C20H20O3. The predicted octanol–water partition coefficient (Wildman–Crippen LogP) is 4.30. The summed E-state index contributed by atoms with van der Waals surface area (Å²) in [6, 6.07) is 15.4. The molecule has 0 atom stereocenters. The number of benzene rings is 2. The van der Waals surface area contributed by atoms with Gasteiger partial charge in [-0.1, -0.05) is 66.2 Å². The number of Topliss-reactive ketones (excluding diaryl/α,β-unsaturated/α-hetero) is 1. The molecule has 0 fully saturated rings. The minimum Gasteiger partial charge on any atom is -0.466 e. The van der Waals surface area contributed by atoms with Gasteiger partial charge in [-0.05, 0) is 25.0 Å². The lowest BCUT2D eigenvalue weighted by Gasteiger charge is -2.07. The van der Waals surface area contributed by atoms with E-state index < -0.39 is 5.97 Å². The first-order valence-corrected chi connectivity index (χ1v) is 7.62. The van der Waals surface area contributed by atoms with Crippen LogP contribution in [0.2, 0.25) is 0 Å². The topological polar surface area (TPSA) is 43.4 Å². The van der Waals surface area contributed by atoms with Gasteiger partial charge in [-0.3, -0.25) is 9.59 Å². The standard InChI is InChI=1S/C20H20O3/c1-3-23-20(22)14-19(21)18-12-9-15(2)13-17(18)11-10-16-7-5-4-6-8-16/h4-13H,3,14H2,1-2H3. The molecule has 0 unspecified atom stereocenters. The van der Waals surface area contributed by atoms with E-state index in [1.54, 1.807) is 13.0 Å². The van der Waals surface area contributed by atoms with Crippen molar-refractivity contribution in [2.75, 3.05) is 6.61 Å². The third-order valence-electron chi connectivity index (χ3n) is 3.37. The van der Waals surface area contributed by atoms with Crippen molar-refractivity contribution in [1.29, 1.82) is 0 Å². The Morgan fingerprint density at radius 2 is 1.78 bits per heavy atom. The highest BCUT2D eigenvalue weighted by Gasteiger charge is 2.15. The van der Waals surface area contributed by atoms with Crippen LogP contribution in [0.5, 0.6) is 0 Å². The fourth-order valence-electron chi connectivity index (χ4n) is 2.26. The highest BCUT2D eigenvalue weighted by molar-refractivity contribution is 6.08. The third kappa shape index (κ3) is 4.92. The summed E-state index contributed by atoms with van der Waals surface area (Å²) in [5.41, 5.74) is 3.46. The zero-order valence-corrected chi connectivity index (χ0v) is 13.4. The third-order valence-corrected chi connectivity index (χ3v) is 3.37. The average Bonchev–Trinajstić information content (AvgIpc) is 2.54. The van der Waals surface area contributed by atoms with Crippen LogP contribution < -0.4 is 0 Å². The number of esters is 1. The van der Waals surface area contributed by atoms with E-state index in [4.69, 9.17) is 4.74 Å². The van der Waals surface area contributed by atoms with E-state index in [1.165, 1.54) is 0 Å². The molecule has 0 spiro atoms. The van der Waals surface area contributed by atoms with Gasteiger partial charge < -0.3 is 4.74 Å². The molecule has 118 valence electrons. The summed E-state index contributed by atoms with van der Waals surface area (Å²) in [6.45, 7) is 3.97. The lowest BCUT2D eigenvalue weighted by Crippen LogP contribution is -2.12. The van der Waals surface area contributed by atoms with Crippen molar-refractivity contribution in [3.8, 4) is 0 Å². The van der Waals surface area contributed by atoms with Gasteiger partial charge >= 0.3 is 5.97 Å². The van der Waals surface area contributed by atoms with Gasteiger partial charge in [-0.25, -0.2) is 0 Å². The maximum Gasteiger partial charge on any atom is 0.313 e. The van der Waals surface area contributed by atoms with Crippen molar-refractivity contribution in [1.82, 2.24) is 0 Å². The Bertz CT molecular complexity index is 715. The van der Waals surface area contributed by atoms with E-state index in [0.29, 0.717) is 5.56 Å². The van der Waals surface area contributed by atoms with Crippen LogP contribution in [0.25, 0.3) is 12.2 Å². The molecule has 2 rings (SSSR count). The van der Waals surface area contributed by atoms with Crippen LogP contribution in [0.4, 0.5) is 0 Å². The first kappa shape index (κ1) is 16.7. The molecular weight excluding hydrogens is 288 g/mol. The molecule has 0 N–H and O–H groups in total. The van der Waals surface area contributed by atoms with Gasteiger partial charge in [-0.15, -0.1) is 0 Å². The Labute approximate surface area is 136 Å². The lowest BCUT2D eigenvalue weighted by molar-refractivity contribution is -0.141. The van der Waals surface area contributed by atoms with Crippen LogP contribution in [0.15, 0.2) is 48.5 Å². The van der Waals surface area contributed by atoms with Crippen LogP contribution in [0, 0.1) is 6.92 Å². The van der Waals surface area contributed by atoms with Gasteiger partial charge in [0, 0.05) is 5.56 Å². The van der Waals surface area contributed by atoms with Crippen molar-refractivity contribution in [2.24, 2.45) is 0 Å². The van der Waals surface area contributed by atoms with Crippen molar-refractivity contribution in [3.05, 3.63) is 70.8 Å². The second kappa shape index (κ2) is 8.08. The maximum absolute atomic E-state index is 12.3. The molecule has 0 aliphatic rings. The number of hydrogen-bond acceptors (Lipinski definition) is 3. The Balaban J connectivity index is 2.25. The summed E-state index contributed by atoms with van der Waals surface area (Å²) < 4.78 is 4.85. The van der Waals surface area contributed by atoms with Crippen molar-refractivity contribution in [3.63, 3.8) is 0 Å². The smallest absolute Gasteiger partial charge is 0.313 e. The molecule has 0 aliphatic heterocycles. The molecule has 0 aliphatic carbocycles. The van der Waals surface area contributed by atoms with Crippen molar-refractivity contribution < 1.29 is 14.3 Å². The van der Waals surface area contributed by atoms with Crippen molar-refractivity contribution in [2.45, 2.75) is 20.3 Å².